The van der Waals surface area contributed by atoms with Crippen molar-refractivity contribution >= 4 is 24.8 Å². The van der Waals surface area contributed by atoms with E-state index < -0.39 is 8.07 Å². The maximum atomic E-state index is 6.09. The molecule has 8 heteroatoms. The van der Waals surface area contributed by atoms with Crippen molar-refractivity contribution in [1.29, 1.82) is 0 Å². The highest BCUT2D eigenvalue weighted by Crippen LogP contribution is 2.31. The maximum absolute atomic E-state index is 6.09. The Hall–Kier alpha value is -2.29. The lowest BCUT2D eigenvalue weighted by Crippen LogP contribution is -2.36. The monoisotopic (exact) mass is 467 g/mol. The van der Waals surface area contributed by atoms with Crippen molar-refractivity contribution in [2.45, 2.75) is 52.7 Å². The molecule has 1 saturated heterocycles. The third-order valence-electron chi connectivity index (χ3n) is 5.89. The molecule has 0 unspecified atom stereocenters. The molecule has 0 atom stereocenters. The Morgan fingerprint density at radius 1 is 1.09 bits per heavy atom. The fourth-order valence-corrected chi connectivity index (χ4v) is 4.87. The molecule has 7 nitrogen and oxygen atoms in total. The van der Waals surface area contributed by atoms with Crippen LogP contribution in [0.3, 0.4) is 0 Å². The number of nitrogens with zero attached hydrogens (tertiary/aromatic N) is 5. The van der Waals surface area contributed by atoms with Gasteiger partial charge in [0.15, 0.2) is 0 Å². The molecule has 3 heterocycles. The molecule has 1 aromatic carbocycles. The number of hydrogen-bond acceptors (Lipinski definition) is 6. The van der Waals surface area contributed by atoms with Crippen LogP contribution in [-0.4, -0.2) is 60.7 Å². The highest BCUT2D eigenvalue weighted by molar-refractivity contribution is 6.76. The molecule has 4 rings (SSSR count). The minimum absolute atomic E-state index is 0.422. The van der Waals surface area contributed by atoms with Gasteiger partial charge in [0, 0.05) is 39.2 Å². The van der Waals surface area contributed by atoms with Crippen molar-refractivity contribution in [2.24, 2.45) is 5.92 Å². The number of benzene rings is 1. The summed E-state index contributed by atoms with van der Waals surface area (Å²) in [4.78, 5) is 11.5. The molecule has 2 aromatic heterocycles. The smallest absolute Gasteiger partial charge is 0.140 e. The van der Waals surface area contributed by atoms with E-state index in [1.807, 2.05) is 4.68 Å². The van der Waals surface area contributed by atoms with Crippen LogP contribution in [-0.2, 0) is 22.6 Å². The number of rotatable bonds is 9. The van der Waals surface area contributed by atoms with Crippen molar-refractivity contribution in [1.82, 2.24) is 19.7 Å². The first-order valence-electron chi connectivity index (χ1n) is 12.0. The number of ether oxygens (including phenoxy) is 2. The molecule has 1 aliphatic rings. The van der Waals surface area contributed by atoms with Gasteiger partial charge in [0.25, 0.3) is 0 Å². The number of fused-ring (bicyclic) bond motifs is 1. The van der Waals surface area contributed by atoms with Crippen molar-refractivity contribution in [3.8, 4) is 11.4 Å². The maximum Gasteiger partial charge on any atom is 0.140 e. The second kappa shape index (κ2) is 10.3. The molecule has 0 radical (unpaired) electrons. The highest BCUT2D eigenvalue weighted by Gasteiger charge is 2.19. The van der Waals surface area contributed by atoms with E-state index in [2.05, 4.69) is 72.6 Å². The lowest BCUT2D eigenvalue weighted by atomic mass is 10.0. The largest absolute Gasteiger partial charge is 0.378 e. The fraction of sp³-hybridized carbons (Fsp3) is 0.560. The summed E-state index contributed by atoms with van der Waals surface area (Å²) in [6.45, 7) is 15.9. The summed E-state index contributed by atoms with van der Waals surface area (Å²) < 4.78 is 13.6. The zero-order valence-corrected chi connectivity index (χ0v) is 21.7. The van der Waals surface area contributed by atoms with Crippen molar-refractivity contribution in [3.63, 3.8) is 0 Å². The average molecular weight is 468 g/mol. The molecule has 0 aliphatic carbocycles. The van der Waals surface area contributed by atoms with E-state index in [1.54, 1.807) is 6.33 Å². The van der Waals surface area contributed by atoms with Crippen LogP contribution in [0.25, 0.3) is 22.3 Å². The van der Waals surface area contributed by atoms with Gasteiger partial charge in [-0.25, -0.2) is 14.6 Å². The summed E-state index contributed by atoms with van der Waals surface area (Å²) >= 11 is 0. The summed E-state index contributed by atoms with van der Waals surface area (Å²) in [5.74, 6) is 1.53. The Kier molecular flexibility index (Phi) is 7.46. The van der Waals surface area contributed by atoms with Gasteiger partial charge in [-0.05, 0) is 36.1 Å². The van der Waals surface area contributed by atoms with Crippen LogP contribution in [0.5, 0.6) is 0 Å². The Morgan fingerprint density at radius 3 is 2.61 bits per heavy atom. The predicted molar refractivity (Wildman–Crippen MR) is 136 cm³/mol. The zero-order chi connectivity index (χ0) is 23.4. The van der Waals surface area contributed by atoms with E-state index in [0.29, 0.717) is 12.6 Å². The van der Waals surface area contributed by atoms with E-state index in [0.717, 1.165) is 73.5 Å². The third kappa shape index (κ3) is 6.19. The minimum atomic E-state index is -1.15. The zero-order valence-electron chi connectivity index (χ0n) is 20.7. The normalized spacial score (nSPS) is 15.0. The van der Waals surface area contributed by atoms with Gasteiger partial charge in [-0.3, -0.25) is 0 Å². The lowest BCUT2D eigenvalue weighted by molar-refractivity contribution is 0.0802. The van der Waals surface area contributed by atoms with Gasteiger partial charge in [0.05, 0.1) is 30.1 Å². The number of aromatic nitrogens is 4. The molecular formula is C25H37N5O2Si. The van der Waals surface area contributed by atoms with Gasteiger partial charge in [-0.2, -0.15) is 5.10 Å². The van der Waals surface area contributed by atoms with Gasteiger partial charge in [0.2, 0.25) is 0 Å². The molecule has 0 N–H and O–H groups in total. The van der Waals surface area contributed by atoms with E-state index in [4.69, 9.17) is 14.6 Å². The summed E-state index contributed by atoms with van der Waals surface area (Å²) in [6, 6.07) is 9.80. The number of hydrogen-bond donors (Lipinski definition) is 0. The molecule has 0 amide bonds. The lowest BCUT2D eigenvalue weighted by Gasteiger charge is -2.27. The van der Waals surface area contributed by atoms with Gasteiger partial charge in [-0.1, -0.05) is 39.6 Å². The molecule has 0 saturated carbocycles. The van der Waals surface area contributed by atoms with Crippen LogP contribution < -0.4 is 4.90 Å². The molecule has 178 valence electrons. The Bertz CT molecular complexity index is 1070. The van der Waals surface area contributed by atoms with Gasteiger partial charge < -0.3 is 14.4 Å². The Morgan fingerprint density at radius 2 is 1.88 bits per heavy atom. The van der Waals surface area contributed by atoms with E-state index >= 15 is 0 Å². The second-order valence-corrected chi connectivity index (χ2v) is 16.1. The van der Waals surface area contributed by atoms with Crippen LogP contribution in [0.1, 0.15) is 19.4 Å². The van der Waals surface area contributed by atoms with Gasteiger partial charge in [-0.15, -0.1) is 0 Å². The summed E-state index contributed by atoms with van der Waals surface area (Å²) in [5.41, 5.74) is 4.17. The molecule has 0 bridgehead atoms. The predicted octanol–water partition coefficient (Wildman–Crippen LogP) is 4.84. The van der Waals surface area contributed by atoms with Crippen molar-refractivity contribution in [2.75, 3.05) is 37.8 Å². The topological polar surface area (TPSA) is 65.3 Å². The Labute approximate surface area is 198 Å². The van der Waals surface area contributed by atoms with Gasteiger partial charge in [0.1, 0.15) is 18.9 Å². The molecule has 0 spiro atoms. The quantitative estimate of drug-likeness (QED) is 0.331. The summed E-state index contributed by atoms with van der Waals surface area (Å²) in [6.07, 6.45) is 2.70. The summed E-state index contributed by atoms with van der Waals surface area (Å²) in [7, 11) is -1.15. The average Bonchev–Trinajstić information content (AvgIpc) is 3.14. The van der Waals surface area contributed by atoms with Gasteiger partial charge >= 0.3 is 0 Å². The molecule has 33 heavy (non-hydrogen) atoms. The molecular weight excluding hydrogens is 430 g/mol. The van der Waals surface area contributed by atoms with Crippen LogP contribution in [0, 0.1) is 5.92 Å². The first-order chi connectivity index (χ1) is 15.8. The first-order valence-corrected chi connectivity index (χ1v) is 15.7. The van der Waals surface area contributed by atoms with Crippen LogP contribution in [0.15, 0.2) is 30.6 Å². The first kappa shape index (κ1) is 23.9. The number of morpholine rings is 1. The van der Waals surface area contributed by atoms with Crippen molar-refractivity contribution in [3.05, 3.63) is 36.2 Å². The van der Waals surface area contributed by atoms with Crippen LogP contribution >= 0.6 is 0 Å². The van der Waals surface area contributed by atoms with E-state index in [9.17, 15) is 0 Å². The van der Waals surface area contributed by atoms with Crippen molar-refractivity contribution < 1.29 is 9.47 Å². The third-order valence-corrected chi connectivity index (χ3v) is 7.59. The summed E-state index contributed by atoms with van der Waals surface area (Å²) in [5, 5.41) is 6.01. The van der Waals surface area contributed by atoms with Crippen LogP contribution in [0.2, 0.25) is 25.7 Å². The molecule has 3 aromatic rings. The standard InChI is InChI=1S/C25H37N5O2Si/c1-19(2)14-20-6-7-22-21(15-20)25(30(28-22)18-32-12-13-33(3,4)5)23-16-24(27-17-26-23)29-8-10-31-11-9-29/h6-7,15-17,19H,8-14,18H2,1-5H3. The second-order valence-electron chi connectivity index (χ2n) is 10.5. The van der Waals surface area contributed by atoms with Crippen LogP contribution in [0.4, 0.5) is 5.82 Å². The Balaban J connectivity index is 1.70. The fourth-order valence-electron chi connectivity index (χ4n) is 4.11. The number of anilines is 1. The highest BCUT2D eigenvalue weighted by atomic mass is 28.3. The van der Waals surface area contributed by atoms with E-state index in [-0.39, 0.29) is 0 Å². The van der Waals surface area contributed by atoms with E-state index in [1.165, 1.54) is 5.56 Å². The SMILES string of the molecule is CC(C)Cc1ccc2nn(COCC[Si](C)(C)C)c(-c3cc(N4CCOCC4)ncn3)c2c1. The molecule has 1 aliphatic heterocycles. The minimum Gasteiger partial charge on any atom is -0.378 e. The molecule has 1 fully saturated rings.